The van der Waals surface area contributed by atoms with Gasteiger partial charge >= 0.3 is 16.8 Å². The summed E-state index contributed by atoms with van der Waals surface area (Å²) in [5.74, 6) is 0. The van der Waals surface area contributed by atoms with Crippen molar-refractivity contribution in [3.05, 3.63) is 30.6 Å². The van der Waals surface area contributed by atoms with E-state index in [1.807, 2.05) is 18.2 Å². The molecule has 37 valence electrons. The number of rotatable bonds is 0. The van der Waals surface area contributed by atoms with Gasteiger partial charge in [0.1, 0.15) is 0 Å². The largest absolute Gasteiger partial charge is 2.00 e. The van der Waals surface area contributed by atoms with Crippen LogP contribution in [0.2, 0.25) is 0 Å². The van der Waals surface area contributed by atoms with Gasteiger partial charge < -0.3 is 0 Å². The van der Waals surface area contributed by atoms with Crippen LogP contribution in [0.5, 0.6) is 0 Å². The van der Waals surface area contributed by atoms with E-state index >= 15 is 0 Å². The number of pyridine rings is 1. The molecule has 0 aliphatic carbocycles. The van der Waals surface area contributed by atoms with Crippen LogP contribution in [-0.4, -0.2) is 4.98 Å². The molecular weight excluding hydrogens is 133 g/mol. The standard InChI is InChI=1S/C5H5N.Co/c1-2-4-6-5-3-1;/h1-5H;/q;+2. The third kappa shape index (κ3) is 2.36. The van der Waals surface area contributed by atoms with Gasteiger partial charge in [0.05, 0.1) is 0 Å². The molecule has 0 N–H and O–H groups in total. The molecule has 0 saturated heterocycles. The van der Waals surface area contributed by atoms with Crippen molar-refractivity contribution < 1.29 is 16.8 Å². The van der Waals surface area contributed by atoms with Crippen molar-refractivity contribution in [1.29, 1.82) is 0 Å². The molecular formula is C5H5CoN+2. The average molecular weight is 138 g/mol. The van der Waals surface area contributed by atoms with Crippen LogP contribution in [0.3, 0.4) is 0 Å². The summed E-state index contributed by atoms with van der Waals surface area (Å²) in [7, 11) is 0. The Balaban J connectivity index is 0.000000360. The molecule has 0 amide bonds. The molecule has 1 rings (SSSR count). The number of hydrogen-bond donors (Lipinski definition) is 0. The van der Waals surface area contributed by atoms with Crippen LogP contribution in [0.15, 0.2) is 30.6 Å². The van der Waals surface area contributed by atoms with Crippen LogP contribution in [0.4, 0.5) is 0 Å². The van der Waals surface area contributed by atoms with E-state index < -0.39 is 0 Å². The molecule has 0 atom stereocenters. The topological polar surface area (TPSA) is 12.9 Å². The zero-order valence-corrected chi connectivity index (χ0v) is 4.71. The first-order valence-electron chi connectivity index (χ1n) is 1.85. The summed E-state index contributed by atoms with van der Waals surface area (Å²) in [5.41, 5.74) is 0. The summed E-state index contributed by atoms with van der Waals surface area (Å²) in [6, 6.07) is 5.72. The summed E-state index contributed by atoms with van der Waals surface area (Å²) < 4.78 is 0. The van der Waals surface area contributed by atoms with E-state index in [1.54, 1.807) is 12.4 Å². The van der Waals surface area contributed by atoms with Crippen molar-refractivity contribution in [1.82, 2.24) is 4.98 Å². The van der Waals surface area contributed by atoms with Crippen molar-refractivity contribution in [2.24, 2.45) is 0 Å². The van der Waals surface area contributed by atoms with E-state index in [0.29, 0.717) is 0 Å². The normalized spacial score (nSPS) is 6.86. The minimum atomic E-state index is 0. The monoisotopic (exact) mass is 138 g/mol. The Bertz CT molecular complexity index is 80.0. The molecule has 0 unspecified atom stereocenters. The van der Waals surface area contributed by atoms with Gasteiger partial charge in [-0.05, 0) is 12.1 Å². The zero-order valence-electron chi connectivity index (χ0n) is 3.67. The van der Waals surface area contributed by atoms with E-state index in [-0.39, 0.29) is 16.8 Å². The van der Waals surface area contributed by atoms with Gasteiger partial charge in [0.15, 0.2) is 0 Å². The van der Waals surface area contributed by atoms with Crippen LogP contribution in [-0.2, 0) is 16.8 Å². The Morgan fingerprint density at radius 3 is 1.57 bits per heavy atom. The van der Waals surface area contributed by atoms with Gasteiger partial charge in [-0.2, -0.15) is 0 Å². The van der Waals surface area contributed by atoms with Gasteiger partial charge in [0.2, 0.25) is 0 Å². The quantitative estimate of drug-likeness (QED) is 0.522. The molecule has 0 aromatic carbocycles. The summed E-state index contributed by atoms with van der Waals surface area (Å²) in [6.07, 6.45) is 3.50. The number of aromatic nitrogens is 1. The molecule has 1 aromatic heterocycles. The van der Waals surface area contributed by atoms with Crippen LogP contribution in [0.25, 0.3) is 0 Å². The number of nitrogens with zero attached hydrogens (tertiary/aromatic N) is 1. The first kappa shape index (κ1) is 6.66. The molecule has 1 aromatic rings. The molecule has 0 fully saturated rings. The maximum absolute atomic E-state index is 3.78. The second kappa shape index (κ2) is 3.83. The van der Waals surface area contributed by atoms with E-state index in [9.17, 15) is 0 Å². The van der Waals surface area contributed by atoms with Gasteiger partial charge in [-0.15, -0.1) is 0 Å². The summed E-state index contributed by atoms with van der Waals surface area (Å²) >= 11 is 0. The Kier molecular flexibility index (Phi) is 3.65. The van der Waals surface area contributed by atoms with Crippen LogP contribution >= 0.6 is 0 Å². The average Bonchev–Trinajstić information content (AvgIpc) is 1.72. The van der Waals surface area contributed by atoms with Crippen LogP contribution < -0.4 is 0 Å². The SMILES string of the molecule is [Co+2].c1ccncc1. The third-order valence-corrected chi connectivity index (χ3v) is 0.566. The van der Waals surface area contributed by atoms with E-state index in [2.05, 4.69) is 4.98 Å². The van der Waals surface area contributed by atoms with Crippen molar-refractivity contribution in [2.75, 3.05) is 0 Å². The van der Waals surface area contributed by atoms with Crippen molar-refractivity contribution in [3.8, 4) is 0 Å². The van der Waals surface area contributed by atoms with Crippen LogP contribution in [0.1, 0.15) is 0 Å². The molecule has 0 aliphatic heterocycles. The third-order valence-electron chi connectivity index (χ3n) is 0.566. The van der Waals surface area contributed by atoms with Gasteiger partial charge in [-0.3, -0.25) is 4.98 Å². The molecule has 0 spiro atoms. The van der Waals surface area contributed by atoms with E-state index in [1.165, 1.54) is 0 Å². The molecule has 1 radical (unpaired) electrons. The summed E-state index contributed by atoms with van der Waals surface area (Å²) in [6.45, 7) is 0. The molecule has 1 heterocycles. The fourth-order valence-corrected chi connectivity index (χ4v) is 0.313. The maximum atomic E-state index is 3.78. The Morgan fingerprint density at radius 2 is 1.43 bits per heavy atom. The molecule has 0 aliphatic rings. The minimum Gasteiger partial charge on any atom is -0.265 e. The second-order valence-electron chi connectivity index (χ2n) is 1.02. The second-order valence-corrected chi connectivity index (χ2v) is 1.02. The fraction of sp³-hybridized carbons (Fsp3) is 0. The Hall–Kier alpha value is -0.344. The van der Waals surface area contributed by atoms with Crippen molar-refractivity contribution in [3.63, 3.8) is 0 Å². The Morgan fingerprint density at radius 1 is 0.857 bits per heavy atom. The number of hydrogen-bond acceptors (Lipinski definition) is 1. The molecule has 2 heteroatoms. The van der Waals surface area contributed by atoms with Crippen molar-refractivity contribution in [2.45, 2.75) is 0 Å². The smallest absolute Gasteiger partial charge is 0.265 e. The maximum Gasteiger partial charge on any atom is 2.00 e. The molecule has 1 nitrogen and oxygen atoms in total. The molecule has 7 heavy (non-hydrogen) atoms. The summed E-state index contributed by atoms with van der Waals surface area (Å²) in [4.78, 5) is 3.78. The zero-order chi connectivity index (χ0) is 4.24. The predicted octanol–water partition coefficient (Wildman–Crippen LogP) is 1.08. The summed E-state index contributed by atoms with van der Waals surface area (Å²) in [5, 5.41) is 0. The van der Waals surface area contributed by atoms with Gasteiger partial charge in [-0.25, -0.2) is 0 Å². The van der Waals surface area contributed by atoms with Crippen LogP contribution in [0, 0.1) is 0 Å². The molecule has 0 saturated carbocycles. The molecule has 0 bridgehead atoms. The minimum absolute atomic E-state index is 0. The van der Waals surface area contributed by atoms with Gasteiger partial charge in [-0.1, -0.05) is 6.07 Å². The van der Waals surface area contributed by atoms with Gasteiger partial charge in [0.25, 0.3) is 0 Å². The first-order chi connectivity index (χ1) is 3.00. The fourth-order valence-electron chi connectivity index (χ4n) is 0.313. The van der Waals surface area contributed by atoms with Crippen molar-refractivity contribution >= 4 is 0 Å². The Labute approximate surface area is 53.0 Å². The van der Waals surface area contributed by atoms with Gasteiger partial charge in [0, 0.05) is 12.4 Å². The first-order valence-corrected chi connectivity index (χ1v) is 1.85. The van der Waals surface area contributed by atoms with E-state index in [4.69, 9.17) is 0 Å². The predicted molar refractivity (Wildman–Crippen MR) is 24.2 cm³/mol. The van der Waals surface area contributed by atoms with E-state index in [0.717, 1.165) is 0 Å².